The molecule has 0 spiro atoms. The predicted octanol–water partition coefficient (Wildman–Crippen LogP) is 3.07. The van der Waals surface area contributed by atoms with Crippen molar-refractivity contribution in [1.29, 1.82) is 0 Å². The maximum absolute atomic E-state index is 12.9. The number of fused-ring (bicyclic) bond motifs is 1. The molecule has 0 radical (unpaired) electrons. The Bertz CT molecular complexity index is 918. The monoisotopic (exact) mass is 346 g/mol. The zero-order valence-corrected chi connectivity index (χ0v) is 14.9. The molecule has 0 bridgehead atoms. The third kappa shape index (κ3) is 3.18. The molecule has 0 atom stereocenters. The van der Waals surface area contributed by atoms with Crippen molar-refractivity contribution in [3.05, 3.63) is 60.4 Å². The van der Waals surface area contributed by atoms with Crippen molar-refractivity contribution in [2.24, 2.45) is 0 Å². The van der Waals surface area contributed by atoms with Gasteiger partial charge in [-0.2, -0.15) is 10.2 Å². The molecule has 1 aromatic heterocycles. The number of amides is 1. The van der Waals surface area contributed by atoms with Gasteiger partial charge in [-0.15, -0.1) is 0 Å². The smallest absolute Gasteiger partial charge is 0.253 e. The molecular formula is C21H22N4O. The molecule has 0 aliphatic carbocycles. The maximum atomic E-state index is 12.9. The van der Waals surface area contributed by atoms with E-state index in [-0.39, 0.29) is 5.91 Å². The van der Waals surface area contributed by atoms with Crippen molar-refractivity contribution < 1.29 is 4.79 Å². The van der Waals surface area contributed by atoms with Crippen LogP contribution in [0.25, 0.3) is 21.9 Å². The lowest BCUT2D eigenvalue weighted by atomic mass is 9.98. The number of aromatic nitrogens is 2. The normalized spacial score (nSPS) is 15.3. The molecule has 5 heteroatoms. The molecule has 26 heavy (non-hydrogen) atoms. The van der Waals surface area contributed by atoms with Crippen molar-refractivity contribution in [2.45, 2.75) is 6.92 Å². The van der Waals surface area contributed by atoms with Crippen LogP contribution in [0.3, 0.4) is 0 Å². The summed E-state index contributed by atoms with van der Waals surface area (Å²) in [6.45, 7) is 6.71. The summed E-state index contributed by atoms with van der Waals surface area (Å²) in [5, 5.41) is 10.0. The molecule has 0 saturated carbocycles. The van der Waals surface area contributed by atoms with E-state index in [0.29, 0.717) is 0 Å². The minimum absolute atomic E-state index is 0.124. The standard InChI is InChI=1S/C21H22N4O/c1-2-24-10-12-25(13-11-24)21(26)17-6-7-20-16(14-17)4-3-5-19(20)18-8-9-22-23-15-18/h3-9,14-15H,2,10-13H2,1H3. The van der Waals surface area contributed by atoms with Crippen LogP contribution in [0.1, 0.15) is 17.3 Å². The number of hydrogen-bond acceptors (Lipinski definition) is 4. The molecule has 1 saturated heterocycles. The van der Waals surface area contributed by atoms with E-state index in [0.717, 1.165) is 60.2 Å². The van der Waals surface area contributed by atoms with E-state index in [1.807, 2.05) is 35.2 Å². The van der Waals surface area contributed by atoms with E-state index in [4.69, 9.17) is 0 Å². The topological polar surface area (TPSA) is 49.3 Å². The van der Waals surface area contributed by atoms with Crippen LogP contribution in [0.2, 0.25) is 0 Å². The molecule has 1 fully saturated rings. The molecule has 1 aliphatic rings. The number of nitrogens with zero attached hydrogens (tertiary/aromatic N) is 4. The number of likely N-dealkylation sites (N-methyl/N-ethyl adjacent to an activating group) is 1. The highest BCUT2D eigenvalue weighted by Gasteiger charge is 2.21. The number of carbonyl (C=O) groups excluding carboxylic acids is 1. The van der Waals surface area contributed by atoms with E-state index >= 15 is 0 Å². The van der Waals surface area contributed by atoms with Gasteiger partial charge in [0.05, 0.1) is 12.4 Å². The van der Waals surface area contributed by atoms with Gasteiger partial charge in [-0.05, 0) is 41.1 Å². The SMILES string of the molecule is CCN1CCN(C(=O)c2ccc3c(-c4ccnnc4)cccc3c2)CC1. The van der Waals surface area contributed by atoms with Crippen molar-refractivity contribution in [3.63, 3.8) is 0 Å². The Balaban J connectivity index is 1.63. The number of piperazine rings is 1. The fourth-order valence-corrected chi connectivity index (χ4v) is 3.57. The van der Waals surface area contributed by atoms with Crippen LogP contribution in [-0.2, 0) is 0 Å². The summed E-state index contributed by atoms with van der Waals surface area (Å²) in [4.78, 5) is 17.2. The Labute approximate surface area is 153 Å². The average Bonchev–Trinajstić information content (AvgIpc) is 2.73. The molecular weight excluding hydrogens is 324 g/mol. The van der Waals surface area contributed by atoms with Crippen LogP contribution in [0, 0.1) is 0 Å². The average molecular weight is 346 g/mol. The Morgan fingerprint density at radius 1 is 1.04 bits per heavy atom. The minimum Gasteiger partial charge on any atom is -0.336 e. The lowest BCUT2D eigenvalue weighted by Gasteiger charge is -2.34. The Morgan fingerprint density at radius 2 is 1.88 bits per heavy atom. The molecule has 132 valence electrons. The van der Waals surface area contributed by atoms with E-state index in [1.165, 1.54) is 0 Å². The summed E-state index contributed by atoms with van der Waals surface area (Å²) < 4.78 is 0. The van der Waals surface area contributed by atoms with Crippen molar-refractivity contribution in [3.8, 4) is 11.1 Å². The van der Waals surface area contributed by atoms with E-state index in [1.54, 1.807) is 12.4 Å². The Kier molecular flexibility index (Phi) is 4.63. The first kappa shape index (κ1) is 16.7. The van der Waals surface area contributed by atoms with Gasteiger partial charge in [-0.25, -0.2) is 0 Å². The van der Waals surface area contributed by atoms with Crippen LogP contribution in [0.4, 0.5) is 0 Å². The first-order valence-electron chi connectivity index (χ1n) is 9.08. The summed E-state index contributed by atoms with van der Waals surface area (Å²) in [5.74, 6) is 0.124. The van der Waals surface area contributed by atoms with Crippen LogP contribution in [0.15, 0.2) is 54.9 Å². The van der Waals surface area contributed by atoms with E-state index in [9.17, 15) is 4.79 Å². The number of benzene rings is 2. The molecule has 1 aliphatic heterocycles. The second-order valence-corrected chi connectivity index (χ2v) is 6.60. The van der Waals surface area contributed by atoms with E-state index < -0.39 is 0 Å². The fourth-order valence-electron chi connectivity index (χ4n) is 3.57. The summed E-state index contributed by atoms with van der Waals surface area (Å²) in [5.41, 5.74) is 2.89. The molecule has 2 aromatic carbocycles. The second-order valence-electron chi connectivity index (χ2n) is 6.60. The van der Waals surface area contributed by atoms with Crippen LogP contribution in [-0.4, -0.2) is 58.6 Å². The summed E-state index contributed by atoms with van der Waals surface area (Å²) in [6.07, 6.45) is 3.46. The molecule has 0 unspecified atom stereocenters. The van der Waals surface area contributed by atoms with Gasteiger partial charge in [-0.1, -0.05) is 31.2 Å². The van der Waals surface area contributed by atoms with Crippen molar-refractivity contribution in [1.82, 2.24) is 20.0 Å². The van der Waals surface area contributed by atoms with Gasteiger partial charge in [-0.3, -0.25) is 4.79 Å². The summed E-state index contributed by atoms with van der Waals surface area (Å²) in [7, 11) is 0. The third-order valence-corrected chi connectivity index (χ3v) is 5.13. The molecule has 4 rings (SSSR count). The lowest BCUT2D eigenvalue weighted by Crippen LogP contribution is -2.48. The highest BCUT2D eigenvalue weighted by molar-refractivity contribution is 6.02. The predicted molar refractivity (Wildman–Crippen MR) is 103 cm³/mol. The van der Waals surface area contributed by atoms with Gasteiger partial charge in [0.2, 0.25) is 0 Å². The molecule has 5 nitrogen and oxygen atoms in total. The highest BCUT2D eigenvalue weighted by Crippen LogP contribution is 2.28. The van der Waals surface area contributed by atoms with Gasteiger partial charge >= 0.3 is 0 Å². The van der Waals surface area contributed by atoms with Gasteiger partial charge in [0, 0.05) is 37.3 Å². The molecule has 0 N–H and O–H groups in total. The number of carbonyl (C=O) groups is 1. The van der Waals surface area contributed by atoms with Gasteiger partial charge in [0.15, 0.2) is 0 Å². The number of rotatable bonds is 3. The summed E-state index contributed by atoms with van der Waals surface area (Å²) >= 11 is 0. The van der Waals surface area contributed by atoms with Gasteiger partial charge in [0.25, 0.3) is 5.91 Å². The van der Waals surface area contributed by atoms with Gasteiger partial charge in [0.1, 0.15) is 0 Å². The van der Waals surface area contributed by atoms with Crippen LogP contribution >= 0.6 is 0 Å². The third-order valence-electron chi connectivity index (χ3n) is 5.13. The highest BCUT2D eigenvalue weighted by atomic mass is 16.2. The zero-order valence-electron chi connectivity index (χ0n) is 14.9. The largest absolute Gasteiger partial charge is 0.336 e. The fraction of sp³-hybridized carbons (Fsp3) is 0.286. The van der Waals surface area contributed by atoms with Crippen LogP contribution < -0.4 is 0 Å². The van der Waals surface area contributed by atoms with Gasteiger partial charge < -0.3 is 9.80 Å². The first-order valence-corrected chi connectivity index (χ1v) is 9.08. The van der Waals surface area contributed by atoms with E-state index in [2.05, 4.69) is 34.2 Å². The molecule has 3 aromatic rings. The van der Waals surface area contributed by atoms with Crippen molar-refractivity contribution in [2.75, 3.05) is 32.7 Å². The second kappa shape index (κ2) is 7.22. The first-order chi connectivity index (χ1) is 12.8. The Hall–Kier alpha value is -2.79. The van der Waals surface area contributed by atoms with Crippen LogP contribution in [0.5, 0.6) is 0 Å². The number of hydrogen-bond donors (Lipinski definition) is 0. The lowest BCUT2D eigenvalue weighted by molar-refractivity contribution is 0.0643. The summed E-state index contributed by atoms with van der Waals surface area (Å²) in [6, 6.07) is 14.1. The minimum atomic E-state index is 0.124. The molecule has 1 amide bonds. The molecule has 2 heterocycles. The maximum Gasteiger partial charge on any atom is 0.253 e. The zero-order chi connectivity index (χ0) is 17.9. The quantitative estimate of drug-likeness (QED) is 0.731. The Morgan fingerprint density at radius 3 is 2.62 bits per heavy atom. The van der Waals surface area contributed by atoms with Crippen molar-refractivity contribution >= 4 is 16.7 Å².